The monoisotopic (exact) mass is 552 g/mol. The number of benzene rings is 1. The average Bonchev–Trinajstić information content (AvgIpc) is 3.18. The summed E-state index contributed by atoms with van der Waals surface area (Å²) in [7, 11) is 1.16. The number of carbonyl (C=O) groups is 2. The van der Waals surface area contributed by atoms with Crippen LogP contribution in [0.3, 0.4) is 0 Å². The molecule has 39 heavy (non-hydrogen) atoms. The van der Waals surface area contributed by atoms with E-state index in [0.29, 0.717) is 5.56 Å². The number of hydrogen-bond donors (Lipinski definition) is 6. The van der Waals surface area contributed by atoms with Crippen molar-refractivity contribution in [2.24, 2.45) is 17.8 Å². The molecule has 1 saturated heterocycles. The van der Waals surface area contributed by atoms with E-state index in [0.717, 1.165) is 19.4 Å². The summed E-state index contributed by atoms with van der Waals surface area (Å²) < 4.78 is 27.3. The van der Waals surface area contributed by atoms with Gasteiger partial charge in [0, 0.05) is 17.9 Å². The van der Waals surface area contributed by atoms with Crippen molar-refractivity contribution in [3.8, 4) is 5.75 Å². The summed E-state index contributed by atoms with van der Waals surface area (Å²) in [5.41, 5.74) is 0.594. The van der Waals surface area contributed by atoms with E-state index in [1.165, 1.54) is 18.2 Å². The summed E-state index contributed by atoms with van der Waals surface area (Å²) in [5, 5.41) is 60.5. The number of aliphatic hydroxyl groups is 5. The minimum Gasteiger partial charge on any atom is -0.508 e. The number of aliphatic hydroxyl groups excluding tert-OH is 5. The van der Waals surface area contributed by atoms with Crippen LogP contribution in [0.15, 0.2) is 42.2 Å². The molecule has 1 aliphatic carbocycles. The van der Waals surface area contributed by atoms with Crippen molar-refractivity contribution in [3.05, 3.63) is 47.7 Å². The van der Waals surface area contributed by atoms with Crippen molar-refractivity contribution in [1.29, 1.82) is 0 Å². The molecule has 2 heterocycles. The average molecular weight is 553 g/mol. The number of rotatable bonds is 7. The molecule has 2 fully saturated rings. The van der Waals surface area contributed by atoms with Gasteiger partial charge in [0.2, 0.25) is 6.29 Å². The molecular formula is C26H32O13. The van der Waals surface area contributed by atoms with Gasteiger partial charge in [-0.3, -0.25) is 0 Å². The fourth-order valence-electron chi connectivity index (χ4n) is 5.20. The third-order valence-electron chi connectivity index (χ3n) is 7.35. The van der Waals surface area contributed by atoms with Gasteiger partial charge in [-0.05, 0) is 29.7 Å². The largest absolute Gasteiger partial charge is 0.508 e. The molecular weight excluding hydrogens is 520 g/mol. The number of fused-ring (bicyclic) bond motifs is 1. The molecule has 0 bridgehead atoms. The highest BCUT2D eigenvalue weighted by Crippen LogP contribution is 2.49. The highest BCUT2D eigenvalue weighted by molar-refractivity contribution is 5.90. The van der Waals surface area contributed by atoms with Crippen LogP contribution in [0.1, 0.15) is 12.5 Å². The Hall–Kier alpha value is -3.04. The zero-order chi connectivity index (χ0) is 28.4. The van der Waals surface area contributed by atoms with E-state index >= 15 is 0 Å². The van der Waals surface area contributed by atoms with Crippen molar-refractivity contribution >= 4 is 18.0 Å². The summed E-state index contributed by atoms with van der Waals surface area (Å²) in [6.07, 6.45) is -7.85. The number of esters is 2. The Balaban J connectivity index is 1.56. The van der Waals surface area contributed by atoms with Crippen LogP contribution in [-0.2, 0) is 33.3 Å². The molecule has 214 valence electrons. The second kappa shape index (κ2) is 12.0. The normalized spacial score (nSPS) is 38.0. The fourth-order valence-corrected chi connectivity index (χ4v) is 5.20. The molecule has 3 aliphatic rings. The first-order valence-electron chi connectivity index (χ1n) is 12.3. The van der Waals surface area contributed by atoms with Gasteiger partial charge in [0.1, 0.15) is 36.3 Å². The lowest BCUT2D eigenvalue weighted by Crippen LogP contribution is -2.60. The number of methoxy groups -OCH3 is 1. The zero-order valence-corrected chi connectivity index (χ0v) is 21.1. The quantitative estimate of drug-likeness (QED) is 0.174. The number of ether oxygens (including phenoxy) is 5. The van der Waals surface area contributed by atoms with Crippen molar-refractivity contribution in [2.45, 2.75) is 56.1 Å². The van der Waals surface area contributed by atoms with Gasteiger partial charge in [-0.15, -0.1) is 0 Å². The Labute approximate surface area is 223 Å². The van der Waals surface area contributed by atoms with E-state index in [-0.39, 0.29) is 11.3 Å². The van der Waals surface area contributed by atoms with E-state index in [4.69, 9.17) is 23.7 Å². The second-order valence-electron chi connectivity index (χ2n) is 9.68. The molecule has 0 radical (unpaired) electrons. The van der Waals surface area contributed by atoms with E-state index in [1.807, 2.05) is 0 Å². The molecule has 2 aliphatic heterocycles. The van der Waals surface area contributed by atoms with Gasteiger partial charge in [0.05, 0.1) is 31.7 Å². The second-order valence-corrected chi connectivity index (χ2v) is 9.68. The predicted molar refractivity (Wildman–Crippen MR) is 129 cm³/mol. The van der Waals surface area contributed by atoms with Crippen LogP contribution in [0.25, 0.3) is 6.08 Å². The molecule has 13 nitrogen and oxygen atoms in total. The zero-order valence-electron chi connectivity index (χ0n) is 21.1. The Kier molecular flexibility index (Phi) is 8.91. The molecule has 0 aromatic heterocycles. The molecule has 0 spiro atoms. The third kappa shape index (κ3) is 5.79. The summed E-state index contributed by atoms with van der Waals surface area (Å²) in [6, 6.07) is 6.06. The van der Waals surface area contributed by atoms with Gasteiger partial charge in [-0.1, -0.05) is 19.1 Å². The Morgan fingerprint density at radius 2 is 1.69 bits per heavy atom. The molecule has 6 N–H and O–H groups in total. The lowest BCUT2D eigenvalue weighted by Gasteiger charge is -2.43. The van der Waals surface area contributed by atoms with Gasteiger partial charge >= 0.3 is 11.9 Å². The first-order chi connectivity index (χ1) is 18.6. The predicted octanol–water partition coefficient (Wildman–Crippen LogP) is -1.21. The highest BCUT2D eigenvalue weighted by Gasteiger charge is 2.59. The van der Waals surface area contributed by atoms with Crippen LogP contribution in [0.4, 0.5) is 0 Å². The van der Waals surface area contributed by atoms with Crippen molar-refractivity contribution in [1.82, 2.24) is 0 Å². The number of phenolic OH excluding ortho intramolecular Hbond substituents is 1. The van der Waals surface area contributed by atoms with Gasteiger partial charge in [-0.2, -0.15) is 0 Å². The third-order valence-corrected chi connectivity index (χ3v) is 7.35. The summed E-state index contributed by atoms with van der Waals surface area (Å²) in [5.74, 6) is -3.95. The molecule has 11 atom stereocenters. The van der Waals surface area contributed by atoms with Gasteiger partial charge < -0.3 is 54.3 Å². The van der Waals surface area contributed by atoms with Crippen molar-refractivity contribution in [2.75, 3.05) is 13.7 Å². The Bertz CT molecular complexity index is 1080. The lowest BCUT2D eigenvalue weighted by atomic mass is 9.82. The van der Waals surface area contributed by atoms with Crippen LogP contribution in [-0.4, -0.2) is 105 Å². The van der Waals surface area contributed by atoms with Gasteiger partial charge in [-0.25, -0.2) is 9.59 Å². The van der Waals surface area contributed by atoms with E-state index in [9.17, 15) is 40.2 Å². The maximum absolute atomic E-state index is 12.7. The first-order valence-corrected chi connectivity index (χ1v) is 12.3. The summed E-state index contributed by atoms with van der Waals surface area (Å²) in [6.45, 7) is 0.968. The van der Waals surface area contributed by atoms with Crippen LogP contribution in [0.5, 0.6) is 5.75 Å². The van der Waals surface area contributed by atoms with E-state index < -0.39 is 85.5 Å². The molecule has 13 heteroatoms. The number of hydrogen-bond acceptors (Lipinski definition) is 13. The fraction of sp³-hybridized carbons (Fsp3) is 0.538. The molecule has 0 amide bonds. The van der Waals surface area contributed by atoms with E-state index in [1.54, 1.807) is 19.1 Å². The maximum Gasteiger partial charge on any atom is 0.337 e. The number of aromatic hydroxyl groups is 1. The van der Waals surface area contributed by atoms with Crippen molar-refractivity contribution < 1.29 is 63.9 Å². The van der Waals surface area contributed by atoms with Crippen LogP contribution >= 0.6 is 0 Å². The van der Waals surface area contributed by atoms with Crippen LogP contribution < -0.4 is 0 Å². The smallest absolute Gasteiger partial charge is 0.337 e. The Morgan fingerprint density at radius 1 is 1.00 bits per heavy atom. The van der Waals surface area contributed by atoms with Crippen LogP contribution in [0.2, 0.25) is 0 Å². The summed E-state index contributed by atoms with van der Waals surface area (Å²) in [4.78, 5) is 25.3. The van der Waals surface area contributed by atoms with Gasteiger partial charge in [0.15, 0.2) is 6.29 Å². The highest BCUT2D eigenvalue weighted by atomic mass is 16.8. The molecule has 1 saturated carbocycles. The minimum atomic E-state index is -1.71. The summed E-state index contributed by atoms with van der Waals surface area (Å²) >= 11 is 0. The number of phenols is 1. The number of carbonyl (C=O) groups excluding carboxylic acids is 2. The molecule has 0 unspecified atom stereocenters. The first kappa shape index (κ1) is 29.0. The SMILES string of the molecule is COC(=O)C1=CO[C@H](O[C@@H]2O[C@@H](CO)[C@@H](O)[C@@H](O)[C@H]2O)[C@H]2[C@@H](C)[C@@H](O)[C@@H](OC(=O)C=Cc3ccc(O)cc3)[C@@H]12. The van der Waals surface area contributed by atoms with Crippen LogP contribution in [0, 0.1) is 17.8 Å². The molecule has 1 aromatic carbocycles. The maximum atomic E-state index is 12.7. The lowest BCUT2D eigenvalue weighted by molar-refractivity contribution is -0.343. The molecule has 4 rings (SSSR count). The van der Waals surface area contributed by atoms with E-state index in [2.05, 4.69) is 0 Å². The topological polar surface area (TPSA) is 202 Å². The van der Waals surface area contributed by atoms with Crippen molar-refractivity contribution in [3.63, 3.8) is 0 Å². The minimum absolute atomic E-state index is 0.0140. The van der Waals surface area contributed by atoms with Gasteiger partial charge in [0.25, 0.3) is 0 Å². The molecule has 1 aromatic rings. The Morgan fingerprint density at radius 3 is 2.33 bits per heavy atom. The standard InChI is InChI=1S/C26H32O13/c1-11-17-18(23(19(11)30)38-16(29)8-5-12-3-6-13(28)7-4-12)14(24(34)35-2)10-36-25(17)39-26-22(33)21(32)20(31)15(9-27)37-26/h3-8,10-11,15,17-23,25-28,30-33H,9H2,1-2H3/t11-,15+,17+,18+,19-,20-,21-,22-,23+,25-,26+/m1/s1.